The Balaban J connectivity index is 3.12. The highest BCUT2D eigenvalue weighted by molar-refractivity contribution is 5.73. The van der Waals surface area contributed by atoms with Gasteiger partial charge in [0.25, 0.3) is 0 Å². The van der Waals surface area contributed by atoms with Crippen molar-refractivity contribution in [2.75, 3.05) is 7.05 Å². The zero-order chi connectivity index (χ0) is 13.9. The molecule has 0 spiro atoms. The predicted molar refractivity (Wildman–Crippen MR) is 76.5 cm³/mol. The van der Waals surface area contributed by atoms with E-state index in [0.717, 1.165) is 0 Å². The maximum atomic E-state index is 11.6. The van der Waals surface area contributed by atoms with Crippen molar-refractivity contribution in [1.82, 2.24) is 4.90 Å². The molecule has 2 atom stereocenters. The van der Waals surface area contributed by atoms with Gasteiger partial charge in [0.1, 0.15) is 0 Å². The Morgan fingerprint density at radius 3 is 2.06 bits per heavy atom. The van der Waals surface area contributed by atoms with E-state index in [2.05, 4.69) is 52.0 Å². The third kappa shape index (κ3) is 3.34. The summed E-state index contributed by atoms with van der Waals surface area (Å²) in [6, 6.07) is 10.6. The molecule has 0 aliphatic heterocycles. The molecule has 0 bridgehead atoms. The molecule has 1 aromatic carbocycles. The minimum Gasteiger partial charge on any atom is -0.343 e. The average Bonchev–Trinajstić information content (AvgIpc) is 2.27. The molecule has 0 N–H and O–H groups in total. The summed E-state index contributed by atoms with van der Waals surface area (Å²) in [4.78, 5) is 13.4. The van der Waals surface area contributed by atoms with Crippen molar-refractivity contribution >= 4 is 5.91 Å². The van der Waals surface area contributed by atoms with Crippen molar-refractivity contribution in [2.45, 2.75) is 46.6 Å². The van der Waals surface area contributed by atoms with Crippen LogP contribution in [0.15, 0.2) is 30.3 Å². The van der Waals surface area contributed by atoms with Crippen LogP contribution in [0.5, 0.6) is 0 Å². The maximum absolute atomic E-state index is 11.6. The second-order valence-electron chi connectivity index (χ2n) is 6.12. The number of amides is 1. The van der Waals surface area contributed by atoms with Gasteiger partial charge in [-0.1, -0.05) is 51.1 Å². The summed E-state index contributed by atoms with van der Waals surface area (Å²) in [6.45, 7) is 10.4. The summed E-state index contributed by atoms with van der Waals surface area (Å²) in [6.07, 6.45) is 0. The van der Waals surface area contributed by atoms with Crippen molar-refractivity contribution in [3.63, 3.8) is 0 Å². The van der Waals surface area contributed by atoms with Gasteiger partial charge in [-0.25, -0.2) is 0 Å². The molecule has 1 aromatic rings. The Morgan fingerprint density at radius 2 is 1.67 bits per heavy atom. The predicted octanol–water partition coefficient (Wildman–Crippen LogP) is 3.68. The molecular weight excluding hydrogens is 222 g/mol. The highest BCUT2D eigenvalue weighted by Gasteiger charge is 2.33. The van der Waals surface area contributed by atoms with Gasteiger partial charge < -0.3 is 4.90 Å². The molecule has 0 saturated heterocycles. The van der Waals surface area contributed by atoms with Gasteiger partial charge in [-0.15, -0.1) is 0 Å². The van der Waals surface area contributed by atoms with Crippen LogP contribution in [0.3, 0.4) is 0 Å². The maximum Gasteiger partial charge on any atom is 0.219 e. The highest BCUT2D eigenvalue weighted by atomic mass is 16.2. The van der Waals surface area contributed by atoms with E-state index in [1.807, 2.05) is 18.0 Å². The van der Waals surface area contributed by atoms with E-state index in [1.165, 1.54) is 5.56 Å². The summed E-state index contributed by atoms with van der Waals surface area (Å²) in [5.41, 5.74) is 1.41. The van der Waals surface area contributed by atoms with E-state index in [4.69, 9.17) is 0 Å². The highest BCUT2D eigenvalue weighted by Crippen LogP contribution is 2.39. The zero-order valence-electron chi connectivity index (χ0n) is 12.4. The van der Waals surface area contributed by atoms with Gasteiger partial charge in [-0.05, 0) is 17.9 Å². The molecule has 1 rings (SSSR count). The van der Waals surface area contributed by atoms with Gasteiger partial charge >= 0.3 is 0 Å². The van der Waals surface area contributed by atoms with Gasteiger partial charge in [-0.2, -0.15) is 0 Å². The average molecular weight is 247 g/mol. The Labute approximate surface area is 111 Å². The van der Waals surface area contributed by atoms with E-state index in [9.17, 15) is 4.79 Å². The largest absolute Gasteiger partial charge is 0.343 e. The summed E-state index contributed by atoms with van der Waals surface area (Å²) >= 11 is 0. The molecule has 2 unspecified atom stereocenters. The monoisotopic (exact) mass is 247 g/mol. The number of hydrogen-bond acceptors (Lipinski definition) is 1. The number of benzene rings is 1. The number of rotatable bonds is 3. The lowest BCUT2D eigenvalue weighted by molar-refractivity contribution is -0.130. The lowest BCUT2D eigenvalue weighted by Crippen LogP contribution is -2.42. The van der Waals surface area contributed by atoms with Gasteiger partial charge in [-0.3, -0.25) is 4.79 Å². The van der Waals surface area contributed by atoms with Crippen LogP contribution in [0.4, 0.5) is 0 Å². The van der Waals surface area contributed by atoms with E-state index in [0.29, 0.717) is 5.92 Å². The topological polar surface area (TPSA) is 20.3 Å². The molecule has 100 valence electrons. The molecule has 0 saturated carbocycles. The first-order valence-corrected chi connectivity index (χ1v) is 6.53. The fourth-order valence-electron chi connectivity index (χ4n) is 2.67. The molecule has 0 fully saturated rings. The summed E-state index contributed by atoms with van der Waals surface area (Å²) < 4.78 is 0. The van der Waals surface area contributed by atoms with Crippen LogP contribution in [0.1, 0.15) is 46.1 Å². The molecule has 0 aliphatic rings. The third-order valence-corrected chi connectivity index (χ3v) is 3.68. The van der Waals surface area contributed by atoms with Crippen molar-refractivity contribution in [1.29, 1.82) is 0 Å². The summed E-state index contributed by atoms with van der Waals surface area (Å²) in [7, 11) is 1.88. The number of likely N-dealkylation sites (N-methyl/N-ethyl adjacent to an activating group) is 1. The third-order valence-electron chi connectivity index (χ3n) is 3.68. The van der Waals surface area contributed by atoms with Crippen molar-refractivity contribution in [2.24, 2.45) is 5.41 Å². The normalized spacial score (nSPS) is 15.0. The lowest BCUT2D eigenvalue weighted by atomic mass is 9.72. The van der Waals surface area contributed by atoms with Gasteiger partial charge in [0.2, 0.25) is 5.91 Å². The summed E-state index contributed by atoms with van der Waals surface area (Å²) in [5, 5.41) is 0. The molecule has 2 nitrogen and oxygen atoms in total. The molecule has 0 aliphatic carbocycles. The van der Waals surface area contributed by atoms with E-state index in [1.54, 1.807) is 6.92 Å². The molecule has 2 heteroatoms. The smallest absolute Gasteiger partial charge is 0.219 e. The zero-order valence-corrected chi connectivity index (χ0v) is 12.4. The standard InChI is InChI=1S/C16H25NO/c1-12(17(6)13(2)18)15(16(3,4)5)14-10-8-7-9-11-14/h7-12,15H,1-6H3. The van der Waals surface area contributed by atoms with Crippen molar-refractivity contribution < 1.29 is 4.79 Å². The first-order valence-electron chi connectivity index (χ1n) is 6.53. The van der Waals surface area contributed by atoms with Crippen LogP contribution in [0.25, 0.3) is 0 Å². The second-order valence-corrected chi connectivity index (χ2v) is 6.12. The quantitative estimate of drug-likeness (QED) is 0.798. The first-order chi connectivity index (χ1) is 8.25. The van der Waals surface area contributed by atoms with Crippen LogP contribution < -0.4 is 0 Å². The SMILES string of the molecule is CC(=O)N(C)C(C)C(c1ccccc1)C(C)(C)C. The minimum absolute atomic E-state index is 0.116. The molecular formula is C16H25NO. The Kier molecular flexibility index (Phi) is 4.55. The molecule has 0 radical (unpaired) electrons. The van der Waals surface area contributed by atoms with E-state index >= 15 is 0 Å². The van der Waals surface area contributed by atoms with Crippen LogP contribution >= 0.6 is 0 Å². The molecule has 0 aromatic heterocycles. The Hall–Kier alpha value is -1.31. The van der Waals surface area contributed by atoms with Crippen molar-refractivity contribution in [3.05, 3.63) is 35.9 Å². The Bertz CT molecular complexity index is 391. The van der Waals surface area contributed by atoms with Crippen LogP contribution in [-0.2, 0) is 4.79 Å². The second kappa shape index (κ2) is 5.55. The first kappa shape index (κ1) is 14.7. The van der Waals surface area contributed by atoms with Crippen molar-refractivity contribution in [3.8, 4) is 0 Å². The van der Waals surface area contributed by atoms with Crippen LogP contribution in [0.2, 0.25) is 0 Å². The number of carbonyl (C=O) groups is 1. The number of nitrogens with zero attached hydrogens (tertiary/aromatic N) is 1. The lowest BCUT2D eigenvalue weighted by Gasteiger charge is -2.40. The van der Waals surface area contributed by atoms with E-state index < -0.39 is 0 Å². The number of carbonyl (C=O) groups excluding carboxylic acids is 1. The van der Waals surface area contributed by atoms with Gasteiger partial charge in [0.05, 0.1) is 0 Å². The molecule has 1 amide bonds. The Morgan fingerprint density at radius 1 is 1.17 bits per heavy atom. The molecule has 18 heavy (non-hydrogen) atoms. The van der Waals surface area contributed by atoms with Crippen LogP contribution in [-0.4, -0.2) is 23.9 Å². The van der Waals surface area contributed by atoms with Gasteiger partial charge in [0, 0.05) is 25.9 Å². The fraction of sp³-hybridized carbons (Fsp3) is 0.562. The minimum atomic E-state index is 0.116. The van der Waals surface area contributed by atoms with E-state index in [-0.39, 0.29) is 17.4 Å². The number of hydrogen-bond donors (Lipinski definition) is 0. The fourth-order valence-corrected chi connectivity index (χ4v) is 2.67. The molecule has 0 heterocycles. The van der Waals surface area contributed by atoms with Gasteiger partial charge in [0.15, 0.2) is 0 Å². The van der Waals surface area contributed by atoms with Crippen LogP contribution in [0, 0.1) is 5.41 Å². The summed E-state index contributed by atoms with van der Waals surface area (Å²) in [5.74, 6) is 0.445.